The van der Waals surface area contributed by atoms with Gasteiger partial charge >= 0.3 is 0 Å². The summed E-state index contributed by atoms with van der Waals surface area (Å²) < 4.78 is 13.2. The number of halogens is 1. The lowest BCUT2D eigenvalue weighted by Crippen LogP contribution is -2.37. The summed E-state index contributed by atoms with van der Waals surface area (Å²) >= 11 is 0. The molecule has 1 aromatic carbocycles. The molecule has 1 saturated heterocycles. The molecule has 1 aliphatic rings. The summed E-state index contributed by atoms with van der Waals surface area (Å²) in [5.74, 6) is -0.129. The van der Waals surface area contributed by atoms with Crippen molar-refractivity contribution in [1.29, 1.82) is 0 Å². The van der Waals surface area contributed by atoms with Gasteiger partial charge in [-0.2, -0.15) is 0 Å². The Morgan fingerprint density at radius 3 is 3.00 bits per heavy atom. The summed E-state index contributed by atoms with van der Waals surface area (Å²) in [6, 6.07) is 7.50. The zero-order chi connectivity index (χ0) is 10.9. The van der Waals surface area contributed by atoms with Crippen molar-refractivity contribution in [3.05, 3.63) is 35.6 Å². The first-order valence-electron chi connectivity index (χ1n) is 5.66. The standard InChI is InChI=1S/C13H18FN/c1-3-12-13(2,7-8-15-12)10-5-4-6-11(14)9-10/h4-6,9,12,15H,3,7-8H2,1-2H3. The van der Waals surface area contributed by atoms with Crippen LogP contribution >= 0.6 is 0 Å². The van der Waals surface area contributed by atoms with Crippen LogP contribution in [-0.2, 0) is 5.41 Å². The summed E-state index contributed by atoms with van der Waals surface area (Å²) in [5.41, 5.74) is 1.22. The van der Waals surface area contributed by atoms with E-state index < -0.39 is 0 Å². The number of nitrogens with one attached hydrogen (secondary N) is 1. The molecule has 1 heterocycles. The molecule has 0 aromatic heterocycles. The van der Waals surface area contributed by atoms with Gasteiger partial charge in [0.25, 0.3) is 0 Å². The third kappa shape index (κ3) is 1.78. The number of hydrogen-bond donors (Lipinski definition) is 1. The Bertz CT molecular complexity index is 350. The van der Waals surface area contributed by atoms with Crippen LogP contribution in [-0.4, -0.2) is 12.6 Å². The van der Waals surface area contributed by atoms with Gasteiger partial charge < -0.3 is 5.32 Å². The molecule has 0 spiro atoms. The zero-order valence-corrected chi connectivity index (χ0v) is 9.39. The third-order valence-corrected chi connectivity index (χ3v) is 3.70. The molecule has 2 atom stereocenters. The van der Waals surface area contributed by atoms with E-state index in [0.29, 0.717) is 6.04 Å². The second-order valence-electron chi connectivity index (χ2n) is 4.59. The summed E-state index contributed by atoms with van der Waals surface area (Å²) in [5, 5.41) is 3.49. The molecular weight excluding hydrogens is 189 g/mol. The monoisotopic (exact) mass is 207 g/mol. The van der Waals surface area contributed by atoms with E-state index in [1.165, 1.54) is 6.07 Å². The summed E-state index contributed by atoms with van der Waals surface area (Å²) in [7, 11) is 0. The van der Waals surface area contributed by atoms with Crippen molar-refractivity contribution in [3.63, 3.8) is 0 Å². The van der Waals surface area contributed by atoms with Gasteiger partial charge in [0.2, 0.25) is 0 Å². The van der Waals surface area contributed by atoms with E-state index >= 15 is 0 Å². The minimum Gasteiger partial charge on any atom is -0.313 e. The van der Waals surface area contributed by atoms with Gasteiger partial charge in [-0.3, -0.25) is 0 Å². The molecule has 2 unspecified atom stereocenters. The first-order chi connectivity index (χ1) is 7.16. The van der Waals surface area contributed by atoms with Crippen LogP contribution in [0.1, 0.15) is 32.3 Å². The van der Waals surface area contributed by atoms with E-state index in [9.17, 15) is 4.39 Å². The van der Waals surface area contributed by atoms with E-state index in [0.717, 1.165) is 24.9 Å². The Labute approximate surface area is 90.7 Å². The van der Waals surface area contributed by atoms with Crippen LogP contribution in [0.15, 0.2) is 24.3 Å². The van der Waals surface area contributed by atoms with Crippen LogP contribution in [0.2, 0.25) is 0 Å². The summed E-state index contributed by atoms with van der Waals surface area (Å²) in [4.78, 5) is 0. The van der Waals surface area contributed by atoms with Gasteiger partial charge in [-0.15, -0.1) is 0 Å². The average Bonchev–Trinajstić information content (AvgIpc) is 2.61. The molecule has 1 nitrogen and oxygen atoms in total. The van der Waals surface area contributed by atoms with Crippen molar-refractivity contribution < 1.29 is 4.39 Å². The summed E-state index contributed by atoms with van der Waals surface area (Å²) in [6.07, 6.45) is 2.18. The van der Waals surface area contributed by atoms with Crippen LogP contribution in [0.4, 0.5) is 4.39 Å². The fraction of sp³-hybridized carbons (Fsp3) is 0.538. The molecule has 1 aliphatic heterocycles. The van der Waals surface area contributed by atoms with Crippen LogP contribution < -0.4 is 5.32 Å². The van der Waals surface area contributed by atoms with Gasteiger partial charge in [0.15, 0.2) is 0 Å². The Morgan fingerprint density at radius 1 is 1.53 bits per heavy atom. The third-order valence-electron chi connectivity index (χ3n) is 3.70. The Kier molecular flexibility index (Phi) is 2.79. The highest BCUT2D eigenvalue weighted by molar-refractivity contribution is 5.29. The van der Waals surface area contributed by atoms with Gasteiger partial charge in [0.05, 0.1) is 0 Å². The van der Waals surface area contributed by atoms with Crippen LogP contribution in [0, 0.1) is 5.82 Å². The summed E-state index contributed by atoms with van der Waals surface area (Å²) in [6.45, 7) is 5.45. The Balaban J connectivity index is 2.36. The normalized spacial score (nSPS) is 30.7. The van der Waals surface area contributed by atoms with Crippen LogP contribution in [0.5, 0.6) is 0 Å². The molecule has 0 bridgehead atoms. The maximum absolute atomic E-state index is 13.2. The van der Waals surface area contributed by atoms with E-state index in [4.69, 9.17) is 0 Å². The van der Waals surface area contributed by atoms with E-state index in [2.05, 4.69) is 19.2 Å². The molecule has 0 aliphatic carbocycles. The highest BCUT2D eigenvalue weighted by Gasteiger charge is 2.38. The minimum absolute atomic E-state index is 0.0941. The van der Waals surface area contributed by atoms with Crippen LogP contribution in [0.3, 0.4) is 0 Å². The molecule has 1 fully saturated rings. The van der Waals surface area contributed by atoms with Gasteiger partial charge in [0.1, 0.15) is 5.82 Å². The maximum atomic E-state index is 13.2. The highest BCUT2D eigenvalue weighted by atomic mass is 19.1. The minimum atomic E-state index is -0.129. The second kappa shape index (κ2) is 3.93. The molecule has 0 saturated carbocycles. The molecule has 1 N–H and O–H groups in total. The fourth-order valence-corrected chi connectivity index (χ4v) is 2.69. The lowest BCUT2D eigenvalue weighted by Gasteiger charge is -2.31. The van der Waals surface area contributed by atoms with Crippen molar-refractivity contribution in [2.45, 2.75) is 38.1 Å². The van der Waals surface area contributed by atoms with Crippen molar-refractivity contribution in [2.24, 2.45) is 0 Å². The van der Waals surface area contributed by atoms with Crippen LogP contribution in [0.25, 0.3) is 0 Å². The first-order valence-corrected chi connectivity index (χ1v) is 5.66. The molecule has 0 radical (unpaired) electrons. The van der Waals surface area contributed by atoms with Gasteiger partial charge in [-0.25, -0.2) is 4.39 Å². The second-order valence-corrected chi connectivity index (χ2v) is 4.59. The number of hydrogen-bond acceptors (Lipinski definition) is 1. The Hall–Kier alpha value is -0.890. The van der Waals surface area contributed by atoms with Crippen molar-refractivity contribution in [1.82, 2.24) is 5.32 Å². The van der Waals surface area contributed by atoms with Gasteiger partial charge in [0, 0.05) is 11.5 Å². The average molecular weight is 207 g/mol. The van der Waals surface area contributed by atoms with Gasteiger partial charge in [-0.1, -0.05) is 26.0 Å². The number of benzene rings is 1. The van der Waals surface area contributed by atoms with Crippen molar-refractivity contribution >= 4 is 0 Å². The molecule has 15 heavy (non-hydrogen) atoms. The largest absolute Gasteiger partial charge is 0.313 e. The molecule has 0 amide bonds. The molecule has 1 aromatic rings. The quantitative estimate of drug-likeness (QED) is 0.786. The van der Waals surface area contributed by atoms with Gasteiger partial charge in [-0.05, 0) is 37.1 Å². The molecule has 2 rings (SSSR count). The van der Waals surface area contributed by atoms with Crippen molar-refractivity contribution in [3.8, 4) is 0 Å². The maximum Gasteiger partial charge on any atom is 0.123 e. The molecule has 82 valence electrons. The molecule has 2 heteroatoms. The molecular formula is C13H18FN. The lowest BCUT2D eigenvalue weighted by atomic mass is 9.75. The topological polar surface area (TPSA) is 12.0 Å². The fourth-order valence-electron chi connectivity index (χ4n) is 2.69. The number of rotatable bonds is 2. The van der Waals surface area contributed by atoms with E-state index in [1.807, 2.05) is 6.07 Å². The predicted octanol–water partition coefficient (Wildman–Crippen LogP) is 2.86. The zero-order valence-electron chi connectivity index (χ0n) is 9.39. The van der Waals surface area contributed by atoms with E-state index in [1.54, 1.807) is 12.1 Å². The van der Waals surface area contributed by atoms with E-state index in [-0.39, 0.29) is 11.2 Å². The first kappa shape index (κ1) is 10.6. The predicted molar refractivity (Wildman–Crippen MR) is 60.5 cm³/mol. The SMILES string of the molecule is CCC1NCCC1(C)c1cccc(F)c1. The highest BCUT2D eigenvalue weighted by Crippen LogP contribution is 2.36. The van der Waals surface area contributed by atoms with Crippen molar-refractivity contribution in [2.75, 3.05) is 6.54 Å². The lowest BCUT2D eigenvalue weighted by molar-refractivity contribution is 0.391. The smallest absolute Gasteiger partial charge is 0.123 e. The Morgan fingerprint density at radius 2 is 2.33 bits per heavy atom.